The lowest BCUT2D eigenvalue weighted by molar-refractivity contribution is -0.165. The summed E-state index contributed by atoms with van der Waals surface area (Å²) in [4.78, 5) is 14.9. The fourth-order valence-electron chi connectivity index (χ4n) is 3.23. The number of rotatable bonds is 3. The standard InChI is InChI=1S/C13H25N3O2/c1-3-18-12(17)13(4-5-15-10-11(13)2)16-8-6-14-7-9-16/h11,14-15H,3-10H2,1-2H3. The van der Waals surface area contributed by atoms with E-state index in [1.165, 1.54) is 0 Å². The van der Waals surface area contributed by atoms with Crippen LogP contribution < -0.4 is 10.6 Å². The summed E-state index contributed by atoms with van der Waals surface area (Å²) in [6, 6.07) is 0. The predicted molar refractivity (Wildman–Crippen MR) is 70.5 cm³/mol. The Morgan fingerprint density at radius 1 is 1.33 bits per heavy atom. The molecule has 0 aromatic heterocycles. The highest BCUT2D eigenvalue weighted by atomic mass is 16.5. The molecule has 2 N–H and O–H groups in total. The van der Waals surface area contributed by atoms with Crippen LogP contribution in [0.4, 0.5) is 0 Å². The number of ether oxygens (including phenoxy) is 1. The van der Waals surface area contributed by atoms with E-state index in [0.29, 0.717) is 12.5 Å². The van der Waals surface area contributed by atoms with Crippen LogP contribution in [0.25, 0.3) is 0 Å². The van der Waals surface area contributed by atoms with E-state index in [9.17, 15) is 4.79 Å². The topological polar surface area (TPSA) is 53.6 Å². The third-order valence-corrected chi connectivity index (χ3v) is 4.26. The van der Waals surface area contributed by atoms with Gasteiger partial charge in [0.2, 0.25) is 0 Å². The van der Waals surface area contributed by atoms with Gasteiger partial charge in [0.15, 0.2) is 0 Å². The van der Waals surface area contributed by atoms with E-state index in [2.05, 4.69) is 22.5 Å². The molecule has 0 spiro atoms. The Hall–Kier alpha value is -0.650. The van der Waals surface area contributed by atoms with E-state index in [-0.39, 0.29) is 5.97 Å². The normalized spacial score (nSPS) is 34.2. The molecule has 0 aromatic rings. The van der Waals surface area contributed by atoms with Gasteiger partial charge in [0, 0.05) is 32.7 Å². The monoisotopic (exact) mass is 255 g/mol. The number of hydrogen-bond donors (Lipinski definition) is 2. The Bertz CT molecular complexity index is 292. The molecule has 18 heavy (non-hydrogen) atoms. The summed E-state index contributed by atoms with van der Waals surface area (Å²) < 4.78 is 5.38. The van der Waals surface area contributed by atoms with Gasteiger partial charge < -0.3 is 15.4 Å². The summed E-state index contributed by atoms with van der Waals surface area (Å²) in [5.41, 5.74) is -0.413. The van der Waals surface area contributed by atoms with Crippen LogP contribution >= 0.6 is 0 Å². The lowest BCUT2D eigenvalue weighted by Gasteiger charge is -2.49. The van der Waals surface area contributed by atoms with Crippen LogP contribution in [0.2, 0.25) is 0 Å². The van der Waals surface area contributed by atoms with Gasteiger partial charge in [-0.25, -0.2) is 0 Å². The maximum atomic E-state index is 12.5. The quantitative estimate of drug-likeness (QED) is 0.685. The molecule has 2 rings (SSSR count). The number of nitrogens with one attached hydrogen (secondary N) is 2. The smallest absolute Gasteiger partial charge is 0.326 e. The van der Waals surface area contributed by atoms with Crippen molar-refractivity contribution in [1.82, 2.24) is 15.5 Å². The second-order valence-electron chi connectivity index (χ2n) is 5.24. The summed E-state index contributed by atoms with van der Waals surface area (Å²) in [6.45, 7) is 10.1. The zero-order chi connectivity index (χ0) is 13.0. The second-order valence-corrected chi connectivity index (χ2v) is 5.24. The predicted octanol–water partition coefficient (Wildman–Crippen LogP) is -0.177. The number of piperidine rings is 1. The molecule has 0 bridgehead atoms. The fraction of sp³-hybridized carbons (Fsp3) is 0.923. The number of carbonyl (C=O) groups is 1. The molecule has 0 aromatic carbocycles. The number of nitrogens with zero attached hydrogens (tertiary/aromatic N) is 1. The minimum Gasteiger partial charge on any atom is -0.465 e. The van der Waals surface area contributed by atoms with E-state index in [0.717, 1.165) is 45.7 Å². The van der Waals surface area contributed by atoms with Gasteiger partial charge in [0.05, 0.1) is 6.61 Å². The minimum atomic E-state index is -0.413. The van der Waals surface area contributed by atoms with Crippen molar-refractivity contribution in [3.8, 4) is 0 Å². The van der Waals surface area contributed by atoms with E-state index in [4.69, 9.17) is 4.74 Å². The summed E-state index contributed by atoms with van der Waals surface area (Å²) >= 11 is 0. The molecule has 2 fully saturated rings. The maximum Gasteiger partial charge on any atom is 0.326 e. The van der Waals surface area contributed by atoms with Crippen LogP contribution in [0.1, 0.15) is 20.3 Å². The Morgan fingerprint density at radius 3 is 2.67 bits per heavy atom. The van der Waals surface area contributed by atoms with Crippen molar-refractivity contribution >= 4 is 5.97 Å². The van der Waals surface area contributed by atoms with Gasteiger partial charge >= 0.3 is 5.97 Å². The van der Waals surface area contributed by atoms with Gasteiger partial charge in [-0.15, -0.1) is 0 Å². The molecule has 0 radical (unpaired) electrons. The van der Waals surface area contributed by atoms with Crippen molar-refractivity contribution in [2.45, 2.75) is 25.8 Å². The molecule has 2 atom stereocenters. The van der Waals surface area contributed by atoms with E-state index in [1.807, 2.05) is 6.92 Å². The molecule has 5 nitrogen and oxygen atoms in total. The molecule has 0 amide bonds. The molecular weight excluding hydrogens is 230 g/mol. The van der Waals surface area contributed by atoms with Gasteiger partial charge in [-0.2, -0.15) is 0 Å². The average Bonchev–Trinajstić information content (AvgIpc) is 2.41. The minimum absolute atomic E-state index is 0.0269. The SMILES string of the molecule is CCOC(=O)C1(N2CCNCC2)CCNCC1C. The van der Waals surface area contributed by atoms with Crippen LogP contribution in [-0.2, 0) is 9.53 Å². The Kier molecular flexibility index (Phi) is 4.59. The molecule has 0 aliphatic carbocycles. The highest BCUT2D eigenvalue weighted by Crippen LogP contribution is 2.33. The van der Waals surface area contributed by atoms with Gasteiger partial charge in [-0.3, -0.25) is 9.69 Å². The summed E-state index contributed by atoms with van der Waals surface area (Å²) in [7, 11) is 0. The largest absolute Gasteiger partial charge is 0.465 e. The summed E-state index contributed by atoms with van der Waals surface area (Å²) in [6.07, 6.45) is 0.854. The molecule has 0 saturated carbocycles. The molecule has 5 heteroatoms. The van der Waals surface area contributed by atoms with Gasteiger partial charge in [0.25, 0.3) is 0 Å². The number of esters is 1. The third-order valence-electron chi connectivity index (χ3n) is 4.26. The summed E-state index contributed by atoms with van der Waals surface area (Å²) in [5, 5.41) is 6.72. The molecule has 2 aliphatic rings. The van der Waals surface area contributed by atoms with Crippen LogP contribution in [0.5, 0.6) is 0 Å². The van der Waals surface area contributed by atoms with Gasteiger partial charge in [0.1, 0.15) is 5.54 Å². The van der Waals surface area contributed by atoms with Crippen molar-refractivity contribution in [3.63, 3.8) is 0 Å². The number of hydrogen-bond acceptors (Lipinski definition) is 5. The Labute approximate surface area is 109 Å². The first kappa shape index (κ1) is 13.8. The zero-order valence-corrected chi connectivity index (χ0v) is 11.5. The molecule has 2 heterocycles. The highest BCUT2D eigenvalue weighted by molar-refractivity contribution is 5.81. The lowest BCUT2D eigenvalue weighted by atomic mass is 9.77. The second kappa shape index (κ2) is 5.99. The van der Waals surface area contributed by atoms with Crippen molar-refractivity contribution in [1.29, 1.82) is 0 Å². The van der Waals surface area contributed by atoms with Crippen molar-refractivity contribution in [3.05, 3.63) is 0 Å². The molecule has 2 saturated heterocycles. The summed E-state index contributed by atoms with van der Waals surface area (Å²) in [5.74, 6) is 0.268. The Morgan fingerprint density at radius 2 is 2.06 bits per heavy atom. The molecule has 2 unspecified atom stereocenters. The number of carbonyl (C=O) groups excluding carboxylic acids is 1. The third kappa shape index (κ3) is 2.39. The first-order valence-corrected chi connectivity index (χ1v) is 7.05. The number of piperazine rings is 1. The average molecular weight is 255 g/mol. The maximum absolute atomic E-state index is 12.5. The lowest BCUT2D eigenvalue weighted by Crippen LogP contribution is -2.67. The van der Waals surface area contributed by atoms with Gasteiger partial charge in [-0.05, 0) is 25.8 Å². The molecular formula is C13H25N3O2. The van der Waals surface area contributed by atoms with E-state index >= 15 is 0 Å². The Balaban J connectivity index is 2.22. The van der Waals surface area contributed by atoms with E-state index < -0.39 is 5.54 Å². The van der Waals surface area contributed by atoms with Crippen LogP contribution in [0.3, 0.4) is 0 Å². The van der Waals surface area contributed by atoms with Crippen molar-refractivity contribution in [2.24, 2.45) is 5.92 Å². The van der Waals surface area contributed by atoms with Crippen LogP contribution in [-0.4, -0.2) is 62.3 Å². The van der Waals surface area contributed by atoms with Crippen LogP contribution in [0.15, 0.2) is 0 Å². The van der Waals surface area contributed by atoms with Crippen molar-refractivity contribution < 1.29 is 9.53 Å². The molecule has 2 aliphatic heterocycles. The van der Waals surface area contributed by atoms with E-state index in [1.54, 1.807) is 0 Å². The first-order valence-electron chi connectivity index (χ1n) is 7.05. The van der Waals surface area contributed by atoms with Crippen LogP contribution in [0, 0.1) is 5.92 Å². The van der Waals surface area contributed by atoms with Gasteiger partial charge in [-0.1, -0.05) is 6.92 Å². The van der Waals surface area contributed by atoms with Crippen molar-refractivity contribution in [2.75, 3.05) is 45.9 Å². The molecule has 104 valence electrons. The fourth-order valence-corrected chi connectivity index (χ4v) is 3.23. The zero-order valence-electron chi connectivity index (χ0n) is 11.5. The highest BCUT2D eigenvalue weighted by Gasteiger charge is 2.50. The first-order chi connectivity index (χ1) is 8.71.